The van der Waals surface area contributed by atoms with Gasteiger partial charge in [-0.15, -0.1) is 0 Å². The van der Waals surface area contributed by atoms with Crippen LogP contribution in [0.15, 0.2) is 18.2 Å². The molecule has 0 saturated carbocycles. The summed E-state index contributed by atoms with van der Waals surface area (Å²) in [6.45, 7) is 10.1. The molecule has 1 aromatic carbocycles. The van der Waals surface area contributed by atoms with Crippen LogP contribution >= 0.6 is 0 Å². The Kier molecular flexibility index (Phi) is 4.69. The Morgan fingerprint density at radius 3 is 2.70 bits per heavy atom. The largest absolute Gasteiger partial charge is 0.336 e. The third kappa shape index (κ3) is 3.33. The second kappa shape index (κ2) is 6.29. The van der Waals surface area contributed by atoms with Gasteiger partial charge in [-0.3, -0.25) is 0 Å². The lowest BCUT2D eigenvalue weighted by atomic mass is 9.93. The van der Waals surface area contributed by atoms with Crippen LogP contribution in [0.25, 0.3) is 0 Å². The predicted molar refractivity (Wildman–Crippen MR) is 82.9 cm³/mol. The van der Waals surface area contributed by atoms with Gasteiger partial charge in [-0.2, -0.15) is 0 Å². The number of carbonyl (C=O) groups is 1. The van der Waals surface area contributed by atoms with Crippen LogP contribution in [0.5, 0.6) is 0 Å². The van der Waals surface area contributed by atoms with Crippen LogP contribution in [-0.4, -0.2) is 23.5 Å². The van der Waals surface area contributed by atoms with Gasteiger partial charge < -0.3 is 10.2 Å². The van der Waals surface area contributed by atoms with Gasteiger partial charge in [0, 0.05) is 19.1 Å². The molecule has 1 aliphatic heterocycles. The van der Waals surface area contributed by atoms with Gasteiger partial charge in [0.15, 0.2) is 0 Å². The smallest absolute Gasteiger partial charge is 0.317 e. The molecule has 110 valence electrons. The second-order valence-corrected chi connectivity index (χ2v) is 6.11. The molecule has 1 heterocycles. The molecule has 0 aliphatic carbocycles. The summed E-state index contributed by atoms with van der Waals surface area (Å²) in [6, 6.07) is 7.03. The number of carbonyl (C=O) groups excluding carboxylic acids is 1. The van der Waals surface area contributed by atoms with E-state index in [0.29, 0.717) is 5.92 Å². The van der Waals surface area contributed by atoms with Crippen molar-refractivity contribution in [3.05, 3.63) is 34.9 Å². The molecule has 0 spiro atoms. The highest BCUT2D eigenvalue weighted by molar-refractivity contribution is 5.74. The van der Waals surface area contributed by atoms with E-state index in [1.54, 1.807) is 0 Å². The van der Waals surface area contributed by atoms with Crippen LogP contribution in [0.1, 0.15) is 56.7 Å². The SMILES string of the molecule is CCC(C)NC(=O)N1CCc2ccc(C(C)C)cc2C1. The Hall–Kier alpha value is -1.51. The summed E-state index contributed by atoms with van der Waals surface area (Å²) < 4.78 is 0. The van der Waals surface area contributed by atoms with Crippen LogP contribution < -0.4 is 5.32 Å². The van der Waals surface area contributed by atoms with E-state index in [1.807, 2.05) is 11.8 Å². The van der Waals surface area contributed by atoms with Gasteiger partial charge in [0.05, 0.1) is 0 Å². The Morgan fingerprint density at radius 2 is 2.05 bits per heavy atom. The van der Waals surface area contributed by atoms with Crippen molar-refractivity contribution >= 4 is 6.03 Å². The van der Waals surface area contributed by atoms with Gasteiger partial charge in [-0.25, -0.2) is 4.79 Å². The first-order chi connectivity index (χ1) is 9.51. The first kappa shape index (κ1) is 14.9. The van der Waals surface area contributed by atoms with E-state index in [2.05, 4.69) is 44.3 Å². The zero-order valence-corrected chi connectivity index (χ0v) is 13.1. The van der Waals surface area contributed by atoms with E-state index >= 15 is 0 Å². The van der Waals surface area contributed by atoms with Crippen LogP contribution in [-0.2, 0) is 13.0 Å². The Balaban J connectivity index is 2.09. The summed E-state index contributed by atoms with van der Waals surface area (Å²) in [5.41, 5.74) is 4.05. The Bertz CT molecular complexity index is 482. The van der Waals surface area contributed by atoms with E-state index in [4.69, 9.17) is 0 Å². The van der Waals surface area contributed by atoms with Crippen molar-refractivity contribution in [1.82, 2.24) is 10.2 Å². The number of nitrogens with zero attached hydrogens (tertiary/aromatic N) is 1. The van der Waals surface area contributed by atoms with Crippen LogP contribution in [0, 0.1) is 0 Å². The van der Waals surface area contributed by atoms with Gasteiger partial charge >= 0.3 is 6.03 Å². The average molecular weight is 274 g/mol. The van der Waals surface area contributed by atoms with Gasteiger partial charge in [0.2, 0.25) is 0 Å². The van der Waals surface area contributed by atoms with E-state index in [9.17, 15) is 4.79 Å². The number of rotatable bonds is 3. The summed E-state index contributed by atoms with van der Waals surface area (Å²) >= 11 is 0. The molecule has 2 amide bonds. The molecule has 1 aromatic rings. The summed E-state index contributed by atoms with van der Waals surface area (Å²) in [5.74, 6) is 0.532. The first-order valence-corrected chi connectivity index (χ1v) is 7.68. The van der Waals surface area contributed by atoms with Gasteiger partial charge in [-0.1, -0.05) is 39.0 Å². The summed E-state index contributed by atoms with van der Waals surface area (Å²) in [7, 11) is 0. The molecule has 2 rings (SSSR count). The third-order valence-corrected chi connectivity index (χ3v) is 4.18. The van der Waals surface area contributed by atoms with Crippen molar-refractivity contribution in [2.45, 2.75) is 59.0 Å². The first-order valence-electron chi connectivity index (χ1n) is 7.68. The molecule has 1 aliphatic rings. The molecule has 3 nitrogen and oxygen atoms in total. The molecule has 0 radical (unpaired) electrons. The number of nitrogens with one attached hydrogen (secondary N) is 1. The fraction of sp³-hybridized carbons (Fsp3) is 0.588. The second-order valence-electron chi connectivity index (χ2n) is 6.11. The maximum atomic E-state index is 12.2. The van der Waals surface area contributed by atoms with E-state index in [-0.39, 0.29) is 12.1 Å². The molecule has 0 fully saturated rings. The highest BCUT2D eigenvalue weighted by atomic mass is 16.2. The van der Waals surface area contributed by atoms with E-state index in [1.165, 1.54) is 16.7 Å². The lowest BCUT2D eigenvalue weighted by molar-refractivity contribution is 0.188. The van der Waals surface area contributed by atoms with Crippen molar-refractivity contribution in [3.8, 4) is 0 Å². The molecule has 0 saturated heterocycles. The van der Waals surface area contributed by atoms with Gasteiger partial charge in [0.1, 0.15) is 0 Å². The number of urea groups is 1. The number of benzene rings is 1. The molecule has 20 heavy (non-hydrogen) atoms. The molecule has 1 atom stereocenters. The minimum Gasteiger partial charge on any atom is -0.336 e. The van der Waals surface area contributed by atoms with Crippen molar-refractivity contribution in [2.75, 3.05) is 6.54 Å². The lowest BCUT2D eigenvalue weighted by Gasteiger charge is -2.30. The normalized spacial score (nSPS) is 15.9. The van der Waals surface area contributed by atoms with E-state index in [0.717, 1.165) is 25.9 Å². The summed E-state index contributed by atoms with van der Waals surface area (Å²) in [4.78, 5) is 14.1. The predicted octanol–water partition coefficient (Wildman–Crippen LogP) is 3.68. The average Bonchev–Trinajstić information content (AvgIpc) is 2.45. The highest BCUT2D eigenvalue weighted by Gasteiger charge is 2.21. The monoisotopic (exact) mass is 274 g/mol. The third-order valence-electron chi connectivity index (χ3n) is 4.18. The molecule has 1 unspecified atom stereocenters. The minimum atomic E-state index is 0.0694. The zero-order chi connectivity index (χ0) is 14.7. The van der Waals surface area contributed by atoms with Crippen molar-refractivity contribution in [1.29, 1.82) is 0 Å². The molecule has 0 bridgehead atoms. The van der Waals surface area contributed by atoms with Crippen molar-refractivity contribution in [3.63, 3.8) is 0 Å². The fourth-order valence-corrected chi connectivity index (χ4v) is 2.51. The standard InChI is InChI=1S/C17H26N2O/c1-5-13(4)18-17(20)19-9-8-14-6-7-15(12(2)3)10-16(14)11-19/h6-7,10,12-13H,5,8-9,11H2,1-4H3,(H,18,20). The molecule has 0 aromatic heterocycles. The minimum absolute atomic E-state index is 0.0694. The topological polar surface area (TPSA) is 32.3 Å². The van der Waals surface area contributed by atoms with Crippen molar-refractivity contribution in [2.24, 2.45) is 0 Å². The molecular formula is C17H26N2O. The number of hydrogen-bond acceptors (Lipinski definition) is 1. The molecule has 3 heteroatoms. The molecular weight excluding hydrogens is 248 g/mol. The Morgan fingerprint density at radius 1 is 1.30 bits per heavy atom. The number of amides is 2. The Labute approximate surface area is 122 Å². The van der Waals surface area contributed by atoms with Crippen molar-refractivity contribution < 1.29 is 4.79 Å². The zero-order valence-electron chi connectivity index (χ0n) is 13.1. The van der Waals surface area contributed by atoms with Crippen LogP contribution in [0.3, 0.4) is 0 Å². The summed E-state index contributed by atoms with van der Waals surface area (Å²) in [6.07, 6.45) is 1.93. The number of fused-ring (bicyclic) bond motifs is 1. The lowest BCUT2D eigenvalue weighted by Crippen LogP contribution is -2.45. The van der Waals surface area contributed by atoms with Crippen LogP contribution in [0.4, 0.5) is 4.79 Å². The summed E-state index contributed by atoms with van der Waals surface area (Å²) in [5, 5.41) is 3.05. The maximum Gasteiger partial charge on any atom is 0.317 e. The van der Waals surface area contributed by atoms with E-state index < -0.39 is 0 Å². The van der Waals surface area contributed by atoms with Gasteiger partial charge in [0.25, 0.3) is 0 Å². The molecule has 1 N–H and O–H groups in total. The maximum absolute atomic E-state index is 12.2. The van der Waals surface area contributed by atoms with Crippen LogP contribution in [0.2, 0.25) is 0 Å². The quantitative estimate of drug-likeness (QED) is 0.896. The highest BCUT2D eigenvalue weighted by Crippen LogP contribution is 2.24. The number of hydrogen-bond donors (Lipinski definition) is 1. The fourth-order valence-electron chi connectivity index (χ4n) is 2.51. The van der Waals surface area contributed by atoms with Gasteiger partial charge in [-0.05, 0) is 42.4 Å².